The van der Waals surface area contributed by atoms with Crippen molar-refractivity contribution in [2.75, 3.05) is 0 Å². The second-order valence-corrected chi connectivity index (χ2v) is 6.70. The summed E-state index contributed by atoms with van der Waals surface area (Å²) in [5, 5.41) is 4.33. The molecule has 23 heavy (non-hydrogen) atoms. The van der Waals surface area contributed by atoms with Crippen LogP contribution in [0.15, 0.2) is 70.1 Å². The van der Waals surface area contributed by atoms with Crippen LogP contribution in [0, 0.1) is 0 Å². The van der Waals surface area contributed by atoms with Crippen molar-refractivity contribution in [2.45, 2.75) is 10.6 Å². The van der Waals surface area contributed by atoms with E-state index in [1.165, 1.54) is 6.07 Å². The van der Waals surface area contributed by atoms with E-state index in [0.29, 0.717) is 21.2 Å². The SMILES string of the molecule is O=C(c1ccc(Cl)cc1)c1cc(C[S+]([O-])c2ccccc2)on1. The first-order valence-corrected chi connectivity index (χ1v) is 8.52. The normalized spacial score (nSPS) is 12.1. The van der Waals surface area contributed by atoms with Crippen LogP contribution in [0.4, 0.5) is 0 Å². The second-order valence-electron chi connectivity index (χ2n) is 4.82. The molecule has 0 saturated heterocycles. The minimum Gasteiger partial charge on any atom is -0.611 e. The number of nitrogens with zero attached hydrogens (tertiary/aromatic N) is 1. The standard InChI is InChI=1S/C17H12ClNO3S/c18-13-8-6-12(7-9-13)17(20)16-10-14(22-19-16)11-23(21)15-4-2-1-3-5-15/h1-10H,11H2. The van der Waals surface area contributed by atoms with Gasteiger partial charge in [0.25, 0.3) is 0 Å². The average Bonchev–Trinajstić information content (AvgIpc) is 3.04. The van der Waals surface area contributed by atoms with Gasteiger partial charge < -0.3 is 9.08 Å². The molecular formula is C17H12ClNO3S. The van der Waals surface area contributed by atoms with Crippen molar-refractivity contribution < 1.29 is 13.9 Å². The maximum atomic E-state index is 12.3. The zero-order valence-electron chi connectivity index (χ0n) is 11.9. The maximum Gasteiger partial charge on any atom is 0.214 e. The lowest BCUT2D eigenvalue weighted by atomic mass is 10.1. The first-order chi connectivity index (χ1) is 11.1. The number of aromatic nitrogens is 1. The molecule has 3 aromatic rings. The zero-order chi connectivity index (χ0) is 16.2. The van der Waals surface area contributed by atoms with Crippen LogP contribution >= 0.6 is 11.6 Å². The predicted octanol–water partition coefficient (Wildman–Crippen LogP) is 3.87. The van der Waals surface area contributed by atoms with Gasteiger partial charge in [-0.2, -0.15) is 0 Å². The molecular weight excluding hydrogens is 334 g/mol. The van der Waals surface area contributed by atoms with E-state index < -0.39 is 11.2 Å². The minimum absolute atomic E-state index is 0.172. The highest BCUT2D eigenvalue weighted by Crippen LogP contribution is 2.18. The van der Waals surface area contributed by atoms with E-state index in [0.717, 1.165) is 0 Å². The summed E-state index contributed by atoms with van der Waals surface area (Å²) in [5.74, 6) is 0.317. The molecule has 0 aliphatic heterocycles. The molecule has 6 heteroatoms. The van der Waals surface area contributed by atoms with Gasteiger partial charge in [0.15, 0.2) is 22.1 Å². The van der Waals surface area contributed by atoms with Gasteiger partial charge in [-0.3, -0.25) is 4.79 Å². The van der Waals surface area contributed by atoms with Crippen LogP contribution in [0.3, 0.4) is 0 Å². The van der Waals surface area contributed by atoms with Gasteiger partial charge in [0.05, 0.1) is 0 Å². The van der Waals surface area contributed by atoms with Gasteiger partial charge in [0, 0.05) is 16.7 Å². The van der Waals surface area contributed by atoms with Gasteiger partial charge in [-0.05, 0) is 47.6 Å². The van der Waals surface area contributed by atoms with E-state index in [1.807, 2.05) is 18.2 Å². The van der Waals surface area contributed by atoms with E-state index in [9.17, 15) is 9.35 Å². The minimum atomic E-state index is -1.24. The Hall–Kier alpha value is -2.08. The Morgan fingerprint density at radius 3 is 2.52 bits per heavy atom. The lowest BCUT2D eigenvalue weighted by Crippen LogP contribution is -2.04. The largest absolute Gasteiger partial charge is 0.611 e. The molecule has 1 unspecified atom stereocenters. The summed E-state index contributed by atoms with van der Waals surface area (Å²) in [5.41, 5.74) is 0.658. The van der Waals surface area contributed by atoms with Crippen molar-refractivity contribution in [3.8, 4) is 0 Å². The summed E-state index contributed by atoms with van der Waals surface area (Å²) in [6, 6.07) is 17.1. The number of halogens is 1. The second kappa shape index (κ2) is 7.00. The van der Waals surface area contributed by atoms with E-state index in [2.05, 4.69) is 5.16 Å². The van der Waals surface area contributed by atoms with Gasteiger partial charge in [-0.15, -0.1) is 0 Å². The Morgan fingerprint density at radius 1 is 1.13 bits per heavy atom. The molecule has 3 rings (SSSR count). The third-order valence-electron chi connectivity index (χ3n) is 3.18. The van der Waals surface area contributed by atoms with Crippen LogP contribution in [0.5, 0.6) is 0 Å². The molecule has 0 saturated carbocycles. The number of hydrogen-bond acceptors (Lipinski definition) is 4. The molecule has 0 radical (unpaired) electrons. The fourth-order valence-corrected chi connectivity index (χ4v) is 3.17. The number of rotatable bonds is 5. The van der Waals surface area contributed by atoms with Gasteiger partial charge in [0.1, 0.15) is 0 Å². The van der Waals surface area contributed by atoms with Crippen molar-refractivity contribution in [2.24, 2.45) is 0 Å². The number of benzene rings is 2. The van der Waals surface area contributed by atoms with Crippen LogP contribution in [-0.4, -0.2) is 15.5 Å². The summed E-state index contributed by atoms with van der Waals surface area (Å²) >= 11 is 4.56. The van der Waals surface area contributed by atoms with Crippen molar-refractivity contribution in [3.05, 3.63) is 82.7 Å². The van der Waals surface area contributed by atoms with Gasteiger partial charge in [-0.1, -0.05) is 35.0 Å². The molecule has 1 heterocycles. The summed E-state index contributed by atoms with van der Waals surface area (Å²) in [4.78, 5) is 13.0. The number of ketones is 1. The van der Waals surface area contributed by atoms with Crippen LogP contribution < -0.4 is 0 Å². The monoisotopic (exact) mass is 345 g/mol. The summed E-state index contributed by atoms with van der Waals surface area (Å²) in [6.45, 7) is 0. The Kier molecular flexibility index (Phi) is 4.81. The molecule has 1 atom stereocenters. The number of carbonyl (C=O) groups excluding carboxylic acids is 1. The smallest absolute Gasteiger partial charge is 0.214 e. The third-order valence-corrected chi connectivity index (χ3v) is 4.77. The van der Waals surface area contributed by atoms with Crippen LogP contribution in [0.2, 0.25) is 5.02 Å². The molecule has 1 aromatic heterocycles. The van der Waals surface area contributed by atoms with Gasteiger partial charge in [0.2, 0.25) is 5.78 Å². The van der Waals surface area contributed by atoms with E-state index in [-0.39, 0.29) is 17.2 Å². The number of hydrogen-bond donors (Lipinski definition) is 0. The molecule has 0 bridgehead atoms. The fraction of sp³-hybridized carbons (Fsp3) is 0.0588. The van der Waals surface area contributed by atoms with Crippen molar-refractivity contribution in [3.63, 3.8) is 0 Å². The van der Waals surface area contributed by atoms with Crippen molar-refractivity contribution in [1.82, 2.24) is 5.16 Å². The fourth-order valence-electron chi connectivity index (χ4n) is 2.02. The number of carbonyl (C=O) groups is 1. The van der Waals surface area contributed by atoms with E-state index >= 15 is 0 Å². The maximum absolute atomic E-state index is 12.3. The third kappa shape index (κ3) is 3.82. The zero-order valence-corrected chi connectivity index (χ0v) is 13.5. The van der Waals surface area contributed by atoms with Crippen molar-refractivity contribution in [1.29, 1.82) is 0 Å². The molecule has 0 amide bonds. The highest BCUT2D eigenvalue weighted by atomic mass is 35.5. The molecule has 0 aliphatic rings. The highest BCUT2D eigenvalue weighted by molar-refractivity contribution is 7.90. The molecule has 0 spiro atoms. The Morgan fingerprint density at radius 2 is 1.83 bits per heavy atom. The first-order valence-electron chi connectivity index (χ1n) is 6.83. The lowest BCUT2D eigenvalue weighted by Gasteiger charge is -2.07. The Bertz CT molecular complexity index is 802. The summed E-state index contributed by atoms with van der Waals surface area (Å²) in [6.07, 6.45) is 0. The molecule has 0 N–H and O–H groups in total. The molecule has 2 aromatic carbocycles. The Balaban J connectivity index is 1.73. The van der Waals surface area contributed by atoms with Crippen LogP contribution in [-0.2, 0) is 16.9 Å². The van der Waals surface area contributed by atoms with Crippen LogP contribution in [0.25, 0.3) is 0 Å². The summed E-state index contributed by atoms with van der Waals surface area (Å²) in [7, 11) is 0. The topological polar surface area (TPSA) is 66.2 Å². The van der Waals surface area contributed by atoms with Gasteiger partial charge in [-0.25, -0.2) is 0 Å². The molecule has 4 nitrogen and oxygen atoms in total. The molecule has 0 aliphatic carbocycles. The molecule has 0 fully saturated rings. The van der Waals surface area contributed by atoms with Crippen LogP contribution in [0.1, 0.15) is 21.8 Å². The van der Waals surface area contributed by atoms with E-state index in [4.69, 9.17) is 16.1 Å². The first kappa shape index (κ1) is 15.8. The quantitative estimate of drug-likeness (QED) is 0.520. The predicted molar refractivity (Wildman–Crippen MR) is 87.9 cm³/mol. The molecule has 116 valence electrons. The van der Waals surface area contributed by atoms with E-state index in [1.54, 1.807) is 36.4 Å². The lowest BCUT2D eigenvalue weighted by molar-refractivity contribution is 0.103. The highest BCUT2D eigenvalue weighted by Gasteiger charge is 2.19. The van der Waals surface area contributed by atoms with Gasteiger partial charge >= 0.3 is 0 Å². The van der Waals surface area contributed by atoms with Crippen molar-refractivity contribution >= 4 is 28.6 Å². The Labute approximate surface area is 141 Å². The summed E-state index contributed by atoms with van der Waals surface area (Å²) < 4.78 is 17.4. The average molecular weight is 346 g/mol.